The molecule has 1 aromatic heterocycles. The highest BCUT2D eigenvalue weighted by Crippen LogP contribution is 2.40. The molecule has 0 unspecified atom stereocenters. The van der Waals surface area contributed by atoms with Crippen molar-refractivity contribution in [2.75, 3.05) is 5.73 Å². The van der Waals surface area contributed by atoms with Gasteiger partial charge in [-0.15, -0.1) is 0 Å². The first-order valence-electron chi connectivity index (χ1n) is 8.00. The normalized spacial score (nSPS) is 11.5. The van der Waals surface area contributed by atoms with Crippen LogP contribution in [-0.4, -0.2) is 0 Å². The Bertz CT molecular complexity index is 1210. The molecule has 0 atom stereocenters. The van der Waals surface area contributed by atoms with E-state index in [2.05, 4.69) is 48.5 Å². The van der Waals surface area contributed by atoms with Crippen molar-refractivity contribution in [3.63, 3.8) is 0 Å². The molecular weight excluding hydrogens is 294 g/mol. The Morgan fingerprint density at radius 3 is 2.29 bits per heavy atom. The highest BCUT2D eigenvalue weighted by molar-refractivity contribution is 6.16. The zero-order chi connectivity index (χ0) is 16.1. The summed E-state index contributed by atoms with van der Waals surface area (Å²) in [5.41, 5.74) is 10.9. The topological polar surface area (TPSA) is 39.2 Å². The smallest absolute Gasteiger partial charge is 0.138 e. The maximum atomic E-state index is 6.17. The van der Waals surface area contributed by atoms with Gasteiger partial charge in [-0.25, -0.2) is 0 Å². The third kappa shape index (κ3) is 1.83. The van der Waals surface area contributed by atoms with E-state index in [0.29, 0.717) is 5.69 Å². The van der Waals surface area contributed by atoms with Gasteiger partial charge >= 0.3 is 0 Å². The van der Waals surface area contributed by atoms with Gasteiger partial charge in [-0.05, 0) is 34.0 Å². The van der Waals surface area contributed by atoms with Gasteiger partial charge in [0.15, 0.2) is 0 Å². The number of para-hydroxylation sites is 1. The van der Waals surface area contributed by atoms with Gasteiger partial charge in [0.25, 0.3) is 0 Å². The molecule has 2 N–H and O–H groups in total. The van der Waals surface area contributed by atoms with E-state index >= 15 is 0 Å². The van der Waals surface area contributed by atoms with Crippen LogP contribution in [0.3, 0.4) is 0 Å². The van der Waals surface area contributed by atoms with Gasteiger partial charge in [-0.1, -0.05) is 60.7 Å². The number of hydrogen-bond donors (Lipinski definition) is 1. The molecule has 0 spiro atoms. The number of fused-ring (bicyclic) bond motifs is 4. The minimum absolute atomic E-state index is 0.712. The molecular formula is C22H15NO. The highest BCUT2D eigenvalue weighted by Gasteiger charge is 2.14. The Kier molecular flexibility index (Phi) is 2.68. The zero-order valence-corrected chi connectivity index (χ0v) is 13.0. The van der Waals surface area contributed by atoms with Crippen LogP contribution in [0, 0.1) is 0 Å². The Hall–Kier alpha value is -3.26. The molecule has 0 aliphatic heterocycles. The molecule has 0 radical (unpaired) electrons. The summed E-state index contributed by atoms with van der Waals surface area (Å²) in [7, 11) is 0. The maximum absolute atomic E-state index is 6.17. The molecule has 114 valence electrons. The van der Waals surface area contributed by atoms with Crippen molar-refractivity contribution in [3.05, 3.63) is 78.9 Å². The Morgan fingerprint density at radius 1 is 0.625 bits per heavy atom. The van der Waals surface area contributed by atoms with Crippen molar-refractivity contribution < 1.29 is 4.42 Å². The fraction of sp³-hybridized carbons (Fsp3) is 0. The lowest BCUT2D eigenvalue weighted by Gasteiger charge is -2.09. The highest BCUT2D eigenvalue weighted by atomic mass is 16.3. The number of rotatable bonds is 1. The predicted octanol–water partition coefficient (Wildman–Crippen LogP) is 5.99. The molecule has 2 heteroatoms. The van der Waals surface area contributed by atoms with Crippen LogP contribution in [0.1, 0.15) is 0 Å². The van der Waals surface area contributed by atoms with Crippen molar-refractivity contribution in [2.45, 2.75) is 0 Å². The van der Waals surface area contributed by atoms with Gasteiger partial charge in [0.1, 0.15) is 11.2 Å². The predicted molar refractivity (Wildman–Crippen MR) is 101 cm³/mol. The molecule has 1 heterocycles. The van der Waals surface area contributed by atoms with E-state index in [1.165, 1.54) is 16.3 Å². The Morgan fingerprint density at radius 2 is 1.38 bits per heavy atom. The van der Waals surface area contributed by atoms with Crippen LogP contribution in [0.4, 0.5) is 5.69 Å². The van der Waals surface area contributed by atoms with E-state index in [1.807, 2.05) is 30.3 Å². The first-order valence-corrected chi connectivity index (χ1v) is 8.00. The summed E-state index contributed by atoms with van der Waals surface area (Å²) in [6, 6.07) is 26.9. The van der Waals surface area contributed by atoms with Crippen LogP contribution in [-0.2, 0) is 0 Å². The van der Waals surface area contributed by atoms with Crippen LogP contribution in [0.2, 0.25) is 0 Å². The third-order valence-corrected chi connectivity index (χ3v) is 4.58. The molecule has 0 bridgehead atoms. The van der Waals surface area contributed by atoms with Crippen LogP contribution in [0.5, 0.6) is 0 Å². The molecule has 0 fully saturated rings. The average molecular weight is 309 g/mol. The van der Waals surface area contributed by atoms with Gasteiger partial charge in [0, 0.05) is 22.5 Å². The Balaban J connectivity index is 1.98. The van der Waals surface area contributed by atoms with Crippen molar-refractivity contribution in [2.24, 2.45) is 0 Å². The monoisotopic (exact) mass is 309 g/mol. The molecule has 0 aliphatic rings. The van der Waals surface area contributed by atoms with Crippen LogP contribution < -0.4 is 5.73 Å². The molecule has 0 amide bonds. The first-order chi connectivity index (χ1) is 11.8. The summed E-state index contributed by atoms with van der Waals surface area (Å²) in [6.07, 6.45) is 0. The van der Waals surface area contributed by atoms with E-state index in [1.54, 1.807) is 0 Å². The molecule has 0 saturated carbocycles. The van der Waals surface area contributed by atoms with E-state index in [0.717, 1.165) is 27.5 Å². The summed E-state index contributed by atoms with van der Waals surface area (Å²) >= 11 is 0. The van der Waals surface area contributed by atoms with E-state index in [-0.39, 0.29) is 0 Å². The summed E-state index contributed by atoms with van der Waals surface area (Å²) in [6.45, 7) is 0. The third-order valence-electron chi connectivity index (χ3n) is 4.58. The maximum Gasteiger partial charge on any atom is 0.138 e. The fourth-order valence-corrected chi connectivity index (χ4v) is 3.55. The molecule has 5 aromatic rings. The number of nitrogen functional groups attached to an aromatic ring is 1. The standard InChI is InChI=1S/C22H15NO/c23-15-12-19(17-10-5-7-14-6-1-2-8-16(14)17)22-18-9-3-4-11-20(18)24-21(22)13-15/h1-13H,23H2. The fourth-order valence-electron chi connectivity index (χ4n) is 3.55. The van der Waals surface area contributed by atoms with Crippen molar-refractivity contribution in [3.8, 4) is 11.1 Å². The summed E-state index contributed by atoms with van der Waals surface area (Å²) in [4.78, 5) is 0. The van der Waals surface area contributed by atoms with Gasteiger partial charge < -0.3 is 10.2 Å². The summed E-state index contributed by atoms with van der Waals surface area (Å²) in [5, 5.41) is 4.68. The van der Waals surface area contributed by atoms with Gasteiger partial charge in [-0.2, -0.15) is 0 Å². The number of nitrogens with two attached hydrogens (primary N) is 1. The molecule has 0 aliphatic carbocycles. The lowest BCUT2D eigenvalue weighted by Crippen LogP contribution is -1.88. The summed E-state index contributed by atoms with van der Waals surface area (Å²) in [5.74, 6) is 0. The minimum Gasteiger partial charge on any atom is -0.456 e. The van der Waals surface area contributed by atoms with Crippen molar-refractivity contribution >= 4 is 38.4 Å². The van der Waals surface area contributed by atoms with Crippen LogP contribution >= 0.6 is 0 Å². The Labute approximate surface area is 139 Å². The van der Waals surface area contributed by atoms with Crippen molar-refractivity contribution in [1.82, 2.24) is 0 Å². The second-order valence-corrected chi connectivity index (χ2v) is 6.07. The lowest BCUT2D eigenvalue weighted by atomic mass is 9.94. The van der Waals surface area contributed by atoms with Crippen LogP contribution in [0.25, 0.3) is 43.8 Å². The largest absolute Gasteiger partial charge is 0.456 e. The molecule has 4 aromatic carbocycles. The van der Waals surface area contributed by atoms with Gasteiger partial charge in [0.05, 0.1) is 0 Å². The number of benzene rings is 4. The van der Waals surface area contributed by atoms with E-state index in [4.69, 9.17) is 10.2 Å². The summed E-state index contributed by atoms with van der Waals surface area (Å²) < 4.78 is 6.03. The second-order valence-electron chi connectivity index (χ2n) is 6.07. The SMILES string of the molecule is Nc1cc(-c2cccc3ccccc23)c2c(c1)oc1ccccc12. The van der Waals surface area contributed by atoms with E-state index < -0.39 is 0 Å². The average Bonchev–Trinajstić information content (AvgIpc) is 2.98. The number of anilines is 1. The van der Waals surface area contributed by atoms with Crippen LogP contribution in [0.15, 0.2) is 83.3 Å². The molecule has 0 saturated heterocycles. The molecule has 5 rings (SSSR count). The molecule has 2 nitrogen and oxygen atoms in total. The second kappa shape index (κ2) is 4.87. The lowest BCUT2D eigenvalue weighted by molar-refractivity contribution is 0.669. The first kappa shape index (κ1) is 13.2. The quantitative estimate of drug-likeness (QED) is 0.386. The zero-order valence-electron chi connectivity index (χ0n) is 13.0. The number of hydrogen-bond acceptors (Lipinski definition) is 2. The minimum atomic E-state index is 0.712. The molecule has 24 heavy (non-hydrogen) atoms. The number of furan rings is 1. The van der Waals surface area contributed by atoms with Gasteiger partial charge in [-0.3, -0.25) is 0 Å². The van der Waals surface area contributed by atoms with Gasteiger partial charge in [0.2, 0.25) is 0 Å². The van der Waals surface area contributed by atoms with E-state index in [9.17, 15) is 0 Å². The van der Waals surface area contributed by atoms with Crippen molar-refractivity contribution in [1.29, 1.82) is 0 Å².